The molecule has 1 fully saturated rings. The van der Waals surface area contributed by atoms with Crippen LogP contribution < -0.4 is 0 Å². The molecule has 2 heterocycles. The number of rotatable bonds is 5. The highest BCUT2D eigenvalue weighted by molar-refractivity contribution is 5.92. The number of ether oxygens (including phenoxy) is 1. The van der Waals surface area contributed by atoms with E-state index in [1.165, 1.54) is 10.9 Å². The Morgan fingerprint density at radius 2 is 1.87 bits per heavy atom. The smallest absolute Gasteiger partial charge is 0.409 e. The number of carboxylic acid groups (broad SMARTS) is 1. The average molecular weight is 324 g/mol. The van der Waals surface area contributed by atoms with Gasteiger partial charge in [0.15, 0.2) is 0 Å². The lowest BCUT2D eigenvalue weighted by atomic mass is 10.3. The van der Waals surface area contributed by atoms with Crippen molar-refractivity contribution in [3.8, 4) is 0 Å². The Bertz CT molecular complexity index is 577. The number of piperazine rings is 1. The number of amides is 2. The topological polar surface area (TPSA) is 105 Å². The lowest BCUT2D eigenvalue weighted by Gasteiger charge is -2.34. The number of aryl methyl sites for hydroxylation is 1. The number of hydrogen-bond donors (Lipinski definition) is 1. The summed E-state index contributed by atoms with van der Waals surface area (Å²) >= 11 is 0. The molecule has 0 aliphatic carbocycles. The highest BCUT2D eigenvalue weighted by Crippen LogP contribution is 2.10. The van der Waals surface area contributed by atoms with Gasteiger partial charge in [-0.25, -0.2) is 4.79 Å². The Labute approximate surface area is 133 Å². The zero-order valence-corrected chi connectivity index (χ0v) is 13.0. The van der Waals surface area contributed by atoms with Crippen molar-refractivity contribution >= 4 is 18.0 Å². The zero-order chi connectivity index (χ0) is 16.8. The first-order chi connectivity index (χ1) is 11.0. The van der Waals surface area contributed by atoms with Crippen molar-refractivity contribution in [2.45, 2.75) is 19.9 Å². The molecule has 1 saturated heterocycles. The van der Waals surface area contributed by atoms with E-state index in [-0.39, 0.29) is 25.0 Å². The predicted molar refractivity (Wildman–Crippen MR) is 79.0 cm³/mol. The van der Waals surface area contributed by atoms with Gasteiger partial charge in [0.25, 0.3) is 5.91 Å². The van der Waals surface area contributed by atoms with Crippen molar-refractivity contribution in [1.82, 2.24) is 19.6 Å². The maximum atomic E-state index is 12.5. The Hall–Kier alpha value is -2.58. The van der Waals surface area contributed by atoms with Gasteiger partial charge in [0.1, 0.15) is 5.69 Å². The highest BCUT2D eigenvalue weighted by Gasteiger charge is 2.27. The van der Waals surface area contributed by atoms with Crippen molar-refractivity contribution in [2.75, 3.05) is 32.8 Å². The third-order valence-electron chi connectivity index (χ3n) is 3.57. The van der Waals surface area contributed by atoms with Gasteiger partial charge < -0.3 is 19.6 Å². The predicted octanol–water partition coefficient (Wildman–Crippen LogP) is 0.272. The van der Waals surface area contributed by atoms with Crippen LogP contribution in [0.25, 0.3) is 0 Å². The van der Waals surface area contributed by atoms with Crippen LogP contribution in [0.2, 0.25) is 0 Å². The van der Waals surface area contributed by atoms with E-state index in [2.05, 4.69) is 5.10 Å². The quantitative estimate of drug-likeness (QED) is 0.833. The van der Waals surface area contributed by atoms with Crippen LogP contribution in [0.4, 0.5) is 4.79 Å². The molecule has 9 nitrogen and oxygen atoms in total. The fourth-order valence-electron chi connectivity index (χ4n) is 2.36. The summed E-state index contributed by atoms with van der Waals surface area (Å²) in [5.74, 6) is -1.15. The van der Waals surface area contributed by atoms with E-state index in [9.17, 15) is 14.4 Å². The van der Waals surface area contributed by atoms with Crippen LogP contribution in [-0.2, 0) is 16.1 Å². The minimum absolute atomic E-state index is 0.0986. The normalized spacial score (nSPS) is 14.7. The van der Waals surface area contributed by atoms with E-state index in [0.29, 0.717) is 38.5 Å². The Morgan fingerprint density at radius 1 is 1.22 bits per heavy atom. The molecule has 1 N–H and O–H groups in total. The molecule has 0 radical (unpaired) electrons. The fourth-order valence-corrected chi connectivity index (χ4v) is 2.36. The average Bonchev–Trinajstić information content (AvgIpc) is 3.01. The van der Waals surface area contributed by atoms with Crippen LogP contribution in [0.5, 0.6) is 0 Å². The van der Waals surface area contributed by atoms with E-state index in [1.54, 1.807) is 22.8 Å². The zero-order valence-electron chi connectivity index (χ0n) is 13.0. The molecule has 1 aromatic rings. The Morgan fingerprint density at radius 3 is 2.48 bits per heavy atom. The second-order valence-electron chi connectivity index (χ2n) is 5.06. The van der Waals surface area contributed by atoms with E-state index in [0.717, 1.165) is 0 Å². The van der Waals surface area contributed by atoms with Gasteiger partial charge in [-0.15, -0.1) is 0 Å². The minimum atomic E-state index is -0.943. The van der Waals surface area contributed by atoms with Crippen LogP contribution >= 0.6 is 0 Å². The molecule has 0 saturated carbocycles. The standard InChI is InChI=1S/C14H20N4O5/c1-2-23-14(22)17-9-7-16(8-10-17)13(21)11-3-5-15-18(11)6-4-12(19)20/h3,5H,2,4,6-10H2,1H3,(H,19,20). The molecular weight excluding hydrogens is 304 g/mol. The SMILES string of the molecule is CCOC(=O)N1CCN(C(=O)c2ccnn2CCC(=O)O)CC1. The van der Waals surface area contributed by atoms with E-state index in [1.807, 2.05) is 0 Å². The molecule has 0 spiro atoms. The summed E-state index contributed by atoms with van der Waals surface area (Å²) in [5.41, 5.74) is 0.357. The van der Waals surface area contributed by atoms with Gasteiger partial charge in [-0.2, -0.15) is 5.10 Å². The lowest BCUT2D eigenvalue weighted by molar-refractivity contribution is -0.137. The minimum Gasteiger partial charge on any atom is -0.481 e. The number of carbonyl (C=O) groups excluding carboxylic acids is 2. The summed E-state index contributed by atoms with van der Waals surface area (Å²) < 4.78 is 6.33. The summed E-state index contributed by atoms with van der Waals surface area (Å²) in [6, 6.07) is 1.57. The molecule has 9 heteroatoms. The molecule has 1 aliphatic rings. The number of aliphatic carboxylic acids is 1. The number of nitrogens with zero attached hydrogens (tertiary/aromatic N) is 4. The van der Waals surface area contributed by atoms with Gasteiger partial charge in [-0.1, -0.05) is 0 Å². The molecule has 23 heavy (non-hydrogen) atoms. The fraction of sp³-hybridized carbons (Fsp3) is 0.571. The summed E-state index contributed by atoms with van der Waals surface area (Å²) in [7, 11) is 0. The van der Waals surface area contributed by atoms with Crippen molar-refractivity contribution < 1.29 is 24.2 Å². The summed E-state index contributed by atoms with van der Waals surface area (Å²) in [6.45, 7) is 3.84. The molecule has 2 amide bonds. The van der Waals surface area contributed by atoms with Crippen LogP contribution in [0.1, 0.15) is 23.8 Å². The second kappa shape index (κ2) is 7.61. The van der Waals surface area contributed by atoms with E-state index in [4.69, 9.17) is 9.84 Å². The molecule has 0 aromatic carbocycles. The van der Waals surface area contributed by atoms with E-state index >= 15 is 0 Å². The van der Waals surface area contributed by atoms with Crippen molar-refractivity contribution in [1.29, 1.82) is 0 Å². The van der Waals surface area contributed by atoms with Crippen LogP contribution in [0, 0.1) is 0 Å². The molecule has 0 bridgehead atoms. The summed E-state index contributed by atoms with van der Waals surface area (Å²) in [4.78, 5) is 38.0. The maximum Gasteiger partial charge on any atom is 0.409 e. The lowest BCUT2D eigenvalue weighted by Crippen LogP contribution is -2.51. The molecule has 1 aromatic heterocycles. The largest absolute Gasteiger partial charge is 0.481 e. The van der Waals surface area contributed by atoms with Gasteiger partial charge in [0, 0.05) is 32.4 Å². The molecule has 0 atom stereocenters. The number of aromatic nitrogens is 2. The molecule has 1 aliphatic heterocycles. The first-order valence-electron chi connectivity index (χ1n) is 7.47. The van der Waals surface area contributed by atoms with Gasteiger partial charge in [-0.3, -0.25) is 14.3 Å². The third-order valence-corrected chi connectivity index (χ3v) is 3.57. The monoisotopic (exact) mass is 324 g/mol. The van der Waals surface area contributed by atoms with Gasteiger partial charge in [-0.05, 0) is 13.0 Å². The summed E-state index contributed by atoms with van der Waals surface area (Å²) in [5, 5.41) is 12.7. The van der Waals surface area contributed by atoms with Gasteiger partial charge in [0.05, 0.1) is 19.6 Å². The molecule has 126 valence electrons. The first-order valence-corrected chi connectivity index (χ1v) is 7.47. The molecular formula is C14H20N4O5. The Kier molecular flexibility index (Phi) is 5.56. The molecule has 0 unspecified atom stereocenters. The van der Waals surface area contributed by atoms with E-state index < -0.39 is 5.97 Å². The number of hydrogen-bond acceptors (Lipinski definition) is 5. The van der Waals surface area contributed by atoms with Crippen molar-refractivity contribution in [2.24, 2.45) is 0 Å². The van der Waals surface area contributed by atoms with Crippen molar-refractivity contribution in [3.63, 3.8) is 0 Å². The van der Waals surface area contributed by atoms with Gasteiger partial charge in [0.2, 0.25) is 0 Å². The third kappa shape index (κ3) is 4.21. The summed E-state index contributed by atoms with van der Waals surface area (Å²) in [6.07, 6.45) is 1.01. The number of carboxylic acids is 1. The second-order valence-corrected chi connectivity index (χ2v) is 5.06. The van der Waals surface area contributed by atoms with Crippen molar-refractivity contribution in [3.05, 3.63) is 18.0 Å². The number of carbonyl (C=O) groups is 3. The van der Waals surface area contributed by atoms with Crippen LogP contribution in [0.15, 0.2) is 12.3 Å². The molecule has 2 rings (SSSR count). The maximum absolute atomic E-state index is 12.5. The van der Waals surface area contributed by atoms with Crippen LogP contribution in [0.3, 0.4) is 0 Å². The highest BCUT2D eigenvalue weighted by atomic mass is 16.6. The van der Waals surface area contributed by atoms with Gasteiger partial charge >= 0.3 is 12.1 Å². The first kappa shape index (κ1) is 16.8. The van der Waals surface area contributed by atoms with Crippen LogP contribution in [-0.4, -0.2) is 75.4 Å². The Balaban J connectivity index is 1.94.